The fourth-order valence-corrected chi connectivity index (χ4v) is 0.486. The topological polar surface area (TPSA) is 60.2 Å². The number of rotatable bonds is 3. The predicted octanol–water partition coefficient (Wildman–Crippen LogP) is -0.410. The molecule has 1 heterocycles. The van der Waals surface area contributed by atoms with E-state index in [1.165, 1.54) is 11.6 Å². The molecule has 0 saturated carbocycles. The van der Waals surface area contributed by atoms with Gasteiger partial charge in [-0.05, 0) is 6.92 Å². The van der Waals surface area contributed by atoms with E-state index in [2.05, 4.69) is 10.3 Å². The van der Waals surface area contributed by atoms with Gasteiger partial charge in [0.25, 0.3) is 0 Å². The summed E-state index contributed by atoms with van der Waals surface area (Å²) >= 11 is 0. The number of ether oxygens (including phenoxy) is 1. The van der Waals surface area contributed by atoms with Crippen LogP contribution in [0.2, 0.25) is 0 Å². The van der Waals surface area contributed by atoms with Crippen LogP contribution in [0.3, 0.4) is 0 Å². The Hall–Kier alpha value is -0.940. The summed E-state index contributed by atoms with van der Waals surface area (Å²) in [6.07, 6.45) is 2.44. The molecular weight excluding hydrogens is 134 g/mol. The number of hydrogen-bond donors (Lipinski definition) is 1. The molecule has 0 aliphatic carbocycles. The molecule has 0 aliphatic heterocycles. The van der Waals surface area contributed by atoms with Crippen LogP contribution in [-0.2, 0) is 11.5 Å². The highest BCUT2D eigenvalue weighted by Gasteiger charge is 1.94. The van der Waals surface area contributed by atoms with E-state index in [9.17, 15) is 0 Å². The maximum atomic E-state index is 8.67. The van der Waals surface area contributed by atoms with E-state index in [0.717, 1.165) is 0 Å². The molecule has 56 valence electrons. The molecule has 0 aliphatic rings. The van der Waals surface area contributed by atoms with Crippen LogP contribution in [0.4, 0.5) is 0 Å². The summed E-state index contributed by atoms with van der Waals surface area (Å²) in [6.45, 7) is 1.77. The lowest BCUT2D eigenvalue weighted by molar-refractivity contribution is -0.115. The highest BCUT2D eigenvalue weighted by Crippen LogP contribution is 1.87. The first-order valence-corrected chi connectivity index (χ1v) is 2.93. The van der Waals surface area contributed by atoms with Crippen LogP contribution < -0.4 is 0 Å². The Morgan fingerprint density at radius 3 is 3.10 bits per heavy atom. The van der Waals surface area contributed by atoms with E-state index < -0.39 is 6.29 Å². The molecule has 5 nitrogen and oxygen atoms in total. The van der Waals surface area contributed by atoms with Crippen molar-refractivity contribution in [1.82, 2.24) is 15.0 Å². The van der Waals surface area contributed by atoms with Gasteiger partial charge in [-0.1, -0.05) is 5.21 Å². The second-order valence-electron chi connectivity index (χ2n) is 1.84. The van der Waals surface area contributed by atoms with Crippen molar-refractivity contribution in [2.24, 2.45) is 0 Å². The van der Waals surface area contributed by atoms with Gasteiger partial charge in [0.05, 0.1) is 6.20 Å². The minimum absolute atomic E-state index is 0.234. The Bertz CT molecular complexity index is 173. The predicted molar refractivity (Wildman–Crippen MR) is 32.8 cm³/mol. The molecule has 0 spiro atoms. The maximum absolute atomic E-state index is 8.67. The smallest absolute Gasteiger partial charge is 0.154 e. The van der Waals surface area contributed by atoms with Gasteiger partial charge in [0.15, 0.2) is 6.29 Å². The molecule has 0 saturated heterocycles. The third kappa shape index (κ3) is 2.12. The minimum Gasteiger partial charge on any atom is -0.368 e. The van der Waals surface area contributed by atoms with Crippen LogP contribution in [0.5, 0.6) is 0 Å². The van der Waals surface area contributed by atoms with Crippen LogP contribution in [0.15, 0.2) is 12.4 Å². The number of aliphatic hydroxyl groups is 1. The van der Waals surface area contributed by atoms with Crippen molar-refractivity contribution < 1.29 is 9.84 Å². The van der Waals surface area contributed by atoms with Gasteiger partial charge in [-0.2, -0.15) is 0 Å². The molecule has 1 aromatic heterocycles. The molecule has 0 radical (unpaired) electrons. The number of nitrogens with zero attached hydrogens (tertiary/aromatic N) is 3. The minimum atomic E-state index is -0.760. The lowest BCUT2D eigenvalue weighted by Gasteiger charge is -2.04. The summed E-state index contributed by atoms with van der Waals surface area (Å²) in [6, 6.07) is 0. The third-order valence-corrected chi connectivity index (χ3v) is 0.920. The average Bonchev–Trinajstić information content (AvgIpc) is 2.34. The van der Waals surface area contributed by atoms with Crippen LogP contribution in [-0.4, -0.2) is 26.4 Å². The van der Waals surface area contributed by atoms with Crippen molar-refractivity contribution in [3.63, 3.8) is 0 Å². The lowest BCUT2D eigenvalue weighted by Crippen LogP contribution is -2.11. The summed E-state index contributed by atoms with van der Waals surface area (Å²) in [7, 11) is 0. The summed E-state index contributed by atoms with van der Waals surface area (Å²) in [4.78, 5) is 0. The second kappa shape index (κ2) is 3.28. The Morgan fingerprint density at radius 2 is 2.60 bits per heavy atom. The average molecular weight is 143 g/mol. The van der Waals surface area contributed by atoms with E-state index in [4.69, 9.17) is 9.84 Å². The Morgan fingerprint density at radius 1 is 1.80 bits per heavy atom. The molecular formula is C5H9N3O2. The van der Waals surface area contributed by atoms with Gasteiger partial charge in [-0.3, -0.25) is 0 Å². The van der Waals surface area contributed by atoms with Crippen molar-refractivity contribution in [2.75, 3.05) is 0 Å². The molecule has 1 N–H and O–H groups in total. The third-order valence-electron chi connectivity index (χ3n) is 0.920. The largest absolute Gasteiger partial charge is 0.368 e. The van der Waals surface area contributed by atoms with Crippen LogP contribution >= 0.6 is 0 Å². The Labute approximate surface area is 58.2 Å². The van der Waals surface area contributed by atoms with Crippen LogP contribution in [0, 0.1) is 0 Å². The molecule has 1 aromatic rings. The summed E-state index contributed by atoms with van der Waals surface area (Å²) in [5, 5.41) is 15.8. The van der Waals surface area contributed by atoms with Crippen molar-refractivity contribution in [3.8, 4) is 0 Å². The summed E-state index contributed by atoms with van der Waals surface area (Å²) in [5.74, 6) is 0. The van der Waals surface area contributed by atoms with Gasteiger partial charge >= 0.3 is 0 Å². The molecule has 1 rings (SSSR count). The highest BCUT2D eigenvalue weighted by atomic mass is 16.6. The highest BCUT2D eigenvalue weighted by molar-refractivity contribution is 4.61. The van der Waals surface area contributed by atoms with E-state index >= 15 is 0 Å². The first-order valence-electron chi connectivity index (χ1n) is 2.93. The number of aromatic nitrogens is 3. The van der Waals surface area contributed by atoms with Gasteiger partial charge in [-0.25, -0.2) is 4.68 Å². The van der Waals surface area contributed by atoms with Gasteiger partial charge < -0.3 is 9.84 Å². The fraction of sp³-hybridized carbons (Fsp3) is 0.600. The molecule has 10 heavy (non-hydrogen) atoms. The molecule has 5 heteroatoms. The first-order chi connectivity index (χ1) is 4.79. The summed E-state index contributed by atoms with van der Waals surface area (Å²) < 4.78 is 6.28. The van der Waals surface area contributed by atoms with E-state index in [1.807, 2.05) is 0 Å². The van der Waals surface area contributed by atoms with Crippen molar-refractivity contribution in [1.29, 1.82) is 0 Å². The van der Waals surface area contributed by atoms with Gasteiger partial charge in [-0.15, -0.1) is 5.10 Å². The van der Waals surface area contributed by atoms with Crippen LogP contribution in [0.1, 0.15) is 6.92 Å². The molecule has 0 amide bonds. The van der Waals surface area contributed by atoms with E-state index in [-0.39, 0.29) is 6.73 Å². The van der Waals surface area contributed by atoms with E-state index in [0.29, 0.717) is 0 Å². The molecule has 0 bridgehead atoms. The Kier molecular flexibility index (Phi) is 2.35. The molecule has 1 unspecified atom stereocenters. The van der Waals surface area contributed by atoms with E-state index in [1.54, 1.807) is 12.4 Å². The normalized spacial score (nSPS) is 13.4. The summed E-state index contributed by atoms with van der Waals surface area (Å²) in [5.41, 5.74) is 0. The number of aliphatic hydroxyl groups excluding tert-OH is 1. The van der Waals surface area contributed by atoms with Gasteiger partial charge in [0.2, 0.25) is 0 Å². The van der Waals surface area contributed by atoms with Crippen molar-refractivity contribution >= 4 is 0 Å². The zero-order chi connectivity index (χ0) is 7.40. The molecule has 0 fully saturated rings. The zero-order valence-electron chi connectivity index (χ0n) is 5.64. The number of hydrogen-bond acceptors (Lipinski definition) is 4. The monoisotopic (exact) mass is 143 g/mol. The van der Waals surface area contributed by atoms with Crippen molar-refractivity contribution in [2.45, 2.75) is 19.9 Å². The quantitative estimate of drug-likeness (QED) is 0.584. The SMILES string of the molecule is CC(O)OCn1ccnn1. The second-order valence-corrected chi connectivity index (χ2v) is 1.84. The maximum Gasteiger partial charge on any atom is 0.154 e. The Balaban J connectivity index is 2.28. The lowest BCUT2D eigenvalue weighted by atomic mass is 10.8. The van der Waals surface area contributed by atoms with Crippen LogP contribution in [0.25, 0.3) is 0 Å². The van der Waals surface area contributed by atoms with Gasteiger partial charge in [0, 0.05) is 6.20 Å². The first kappa shape index (κ1) is 7.17. The zero-order valence-corrected chi connectivity index (χ0v) is 5.64. The van der Waals surface area contributed by atoms with Gasteiger partial charge in [0.1, 0.15) is 6.73 Å². The molecule has 1 atom stereocenters. The fourth-order valence-electron chi connectivity index (χ4n) is 0.486. The van der Waals surface area contributed by atoms with Crippen molar-refractivity contribution in [3.05, 3.63) is 12.4 Å². The standard InChI is InChI=1S/C5H9N3O2/c1-5(9)10-4-8-3-2-6-7-8/h2-3,5,9H,4H2,1H3. The molecule has 0 aromatic carbocycles.